The molecule has 0 rings (SSSR count). The number of aliphatic carboxylic acids is 1. The molecule has 7 nitrogen and oxygen atoms in total. The number of rotatable bonds is 7. The highest BCUT2D eigenvalue weighted by Crippen LogP contribution is 1.99. The van der Waals surface area contributed by atoms with Crippen LogP contribution in [0.1, 0.15) is 19.8 Å². The molecule has 3 amide bonds. The molecule has 1 unspecified atom stereocenters. The number of hydrogen-bond acceptors (Lipinski definition) is 3. The Hall–Kier alpha value is -1.79. The van der Waals surface area contributed by atoms with Gasteiger partial charge in [-0.05, 0) is 6.42 Å². The van der Waals surface area contributed by atoms with Gasteiger partial charge in [-0.1, -0.05) is 6.92 Å². The molecular formula is C9H17N3O4. The smallest absolute Gasteiger partial charge is 0.314 e. The van der Waals surface area contributed by atoms with Gasteiger partial charge in [-0.15, -0.1) is 0 Å². The Morgan fingerprint density at radius 1 is 1.25 bits per heavy atom. The fraction of sp³-hybridized carbons (Fsp3) is 0.667. The summed E-state index contributed by atoms with van der Waals surface area (Å²) in [5, 5.41) is 13.5. The molecule has 0 spiro atoms. The van der Waals surface area contributed by atoms with Crippen LogP contribution in [0.25, 0.3) is 0 Å². The second-order valence-corrected chi connectivity index (χ2v) is 3.43. The molecule has 0 aromatic carbocycles. The lowest BCUT2D eigenvalue weighted by Gasteiger charge is -2.08. The van der Waals surface area contributed by atoms with Crippen LogP contribution in [0.5, 0.6) is 0 Å². The molecule has 92 valence electrons. The maximum atomic E-state index is 11.1. The summed E-state index contributed by atoms with van der Waals surface area (Å²) in [5.74, 6) is -1.87. The van der Waals surface area contributed by atoms with Crippen molar-refractivity contribution in [2.75, 3.05) is 13.1 Å². The fourth-order valence-corrected chi connectivity index (χ4v) is 0.887. The Bertz CT molecular complexity index is 267. The van der Waals surface area contributed by atoms with E-state index in [4.69, 9.17) is 10.8 Å². The Morgan fingerprint density at radius 2 is 1.81 bits per heavy atom. The zero-order valence-corrected chi connectivity index (χ0v) is 9.16. The standard InChI is InChI=1S/C9H17N3O4/c1-6(8(14)15)2-4-11-9(16)12-5-3-7(10)13/h6H,2-5H2,1H3,(H2,10,13)(H,14,15)(H2,11,12,16). The van der Waals surface area contributed by atoms with E-state index in [-0.39, 0.29) is 19.5 Å². The predicted molar refractivity (Wildman–Crippen MR) is 56.6 cm³/mol. The third-order valence-electron chi connectivity index (χ3n) is 1.94. The van der Waals surface area contributed by atoms with E-state index in [2.05, 4.69) is 10.6 Å². The SMILES string of the molecule is CC(CCNC(=O)NCCC(N)=O)C(=O)O. The van der Waals surface area contributed by atoms with E-state index in [0.29, 0.717) is 6.42 Å². The largest absolute Gasteiger partial charge is 0.481 e. The van der Waals surface area contributed by atoms with Crippen LogP contribution in [-0.2, 0) is 9.59 Å². The van der Waals surface area contributed by atoms with Crippen molar-refractivity contribution >= 4 is 17.9 Å². The number of nitrogens with two attached hydrogens (primary N) is 1. The zero-order valence-electron chi connectivity index (χ0n) is 9.16. The first kappa shape index (κ1) is 14.2. The Labute approximate surface area is 93.4 Å². The van der Waals surface area contributed by atoms with Crippen molar-refractivity contribution in [1.82, 2.24) is 10.6 Å². The van der Waals surface area contributed by atoms with E-state index < -0.39 is 23.8 Å². The Morgan fingerprint density at radius 3 is 2.31 bits per heavy atom. The molecule has 0 heterocycles. The highest BCUT2D eigenvalue weighted by molar-refractivity contribution is 5.77. The molecule has 0 aromatic rings. The minimum atomic E-state index is -0.893. The fourth-order valence-electron chi connectivity index (χ4n) is 0.887. The summed E-state index contributed by atoms with van der Waals surface area (Å²) in [6, 6.07) is -0.432. The van der Waals surface area contributed by atoms with Crippen molar-refractivity contribution in [2.45, 2.75) is 19.8 Å². The van der Waals surface area contributed by atoms with Crippen LogP contribution >= 0.6 is 0 Å². The van der Waals surface area contributed by atoms with Crippen LogP contribution in [0, 0.1) is 5.92 Å². The lowest BCUT2D eigenvalue weighted by atomic mass is 10.1. The van der Waals surface area contributed by atoms with Crippen molar-refractivity contribution in [1.29, 1.82) is 0 Å². The number of carboxylic acid groups (broad SMARTS) is 1. The van der Waals surface area contributed by atoms with Gasteiger partial charge < -0.3 is 21.5 Å². The van der Waals surface area contributed by atoms with Gasteiger partial charge in [0.2, 0.25) is 5.91 Å². The molecule has 0 aromatic heterocycles. The van der Waals surface area contributed by atoms with Gasteiger partial charge in [0.1, 0.15) is 0 Å². The average Bonchev–Trinajstić information content (AvgIpc) is 2.16. The lowest BCUT2D eigenvalue weighted by Crippen LogP contribution is -2.38. The molecule has 0 saturated carbocycles. The van der Waals surface area contributed by atoms with Crippen LogP contribution < -0.4 is 16.4 Å². The number of carbonyl (C=O) groups excluding carboxylic acids is 2. The van der Waals surface area contributed by atoms with Gasteiger partial charge in [0.15, 0.2) is 0 Å². The normalized spacial score (nSPS) is 11.6. The van der Waals surface area contributed by atoms with E-state index in [1.54, 1.807) is 6.92 Å². The molecule has 0 aliphatic carbocycles. The number of primary amides is 1. The molecule has 16 heavy (non-hydrogen) atoms. The van der Waals surface area contributed by atoms with Gasteiger partial charge in [-0.25, -0.2) is 4.79 Å². The first-order chi connectivity index (χ1) is 7.43. The molecule has 1 atom stereocenters. The first-order valence-corrected chi connectivity index (χ1v) is 4.96. The third-order valence-corrected chi connectivity index (χ3v) is 1.94. The van der Waals surface area contributed by atoms with Crippen LogP contribution in [-0.4, -0.2) is 36.1 Å². The van der Waals surface area contributed by atoms with Crippen molar-refractivity contribution in [3.63, 3.8) is 0 Å². The predicted octanol–water partition coefficient (Wildman–Crippen LogP) is -0.728. The first-order valence-electron chi connectivity index (χ1n) is 4.96. The van der Waals surface area contributed by atoms with E-state index in [1.807, 2.05) is 0 Å². The summed E-state index contributed by atoms with van der Waals surface area (Å²) in [4.78, 5) is 31.8. The molecule has 0 aliphatic rings. The van der Waals surface area contributed by atoms with Crippen molar-refractivity contribution in [2.24, 2.45) is 11.7 Å². The van der Waals surface area contributed by atoms with Gasteiger partial charge in [0.05, 0.1) is 5.92 Å². The number of amides is 3. The van der Waals surface area contributed by atoms with Crippen molar-refractivity contribution in [3.05, 3.63) is 0 Å². The lowest BCUT2D eigenvalue weighted by molar-refractivity contribution is -0.141. The quantitative estimate of drug-likeness (QED) is 0.461. The van der Waals surface area contributed by atoms with Crippen molar-refractivity contribution in [3.8, 4) is 0 Å². The maximum absolute atomic E-state index is 11.1. The number of carboxylic acids is 1. The Kier molecular flexibility index (Phi) is 6.66. The highest BCUT2D eigenvalue weighted by atomic mass is 16.4. The number of nitrogens with one attached hydrogen (secondary N) is 2. The second-order valence-electron chi connectivity index (χ2n) is 3.43. The second kappa shape index (κ2) is 7.49. The maximum Gasteiger partial charge on any atom is 0.314 e. The van der Waals surface area contributed by atoms with Gasteiger partial charge in [0.25, 0.3) is 0 Å². The summed E-state index contributed by atoms with van der Waals surface area (Å²) in [5.41, 5.74) is 4.88. The summed E-state index contributed by atoms with van der Waals surface area (Å²) >= 11 is 0. The molecule has 0 aliphatic heterocycles. The number of urea groups is 1. The van der Waals surface area contributed by atoms with Gasteiger partial charge in [-0.2, -0.15) is 0 Å². The summed E-state index contributed by atoms with van der Waals surface area (Å²) in [6.07, 6.45) is 0.442. The van der Waals surface area contributed by atoms with Crippen LogP contribution in [0.3, 0.4) is 0 Å². The van der Waals surface area contributed by atoms with E-state index in [1.165, 1.54) is 0 Å². The minimum Gasteiger partial charge on any atom is -0.481 e. The third kappa shape index (κ3) is 7.60. The minimum absolute atomic E-state index is 0.0823. The summed E-state index contributed by atoms with van der Waals surface area (Å²) in [6.45, 7) is 2.01. The topological polar surface area (TPSA) is 122 Å². The number of hydrogen-bond donors (Lipinski definition) is 4. The van der Waals surface area contributed by atoms with Crippen LogP contribution in [0.2, 0.25) is 0 Å². The average molecular weight is 231 g/mol. The molecular weight excluding hydrogens is 214 g/mol. The molecule has 5 N–H and O–H groups in total. The number of carbonyl (C=O) groups is 3. The van der Waals surface area contributed by atoms with Gasteiger partial charge >= 0.3 is 12.0 Å². The van der Waals surface area contributed by atoms with Crippen LogP contribution in [0.15, 0.2) is 0 Å². The van der Waals surface area contributed by atoms with Crippen molar-refractivity contribution < 1.29 is 19.5 Å². The van der Waals surface area contributed by atoms with Crippen LogP contribution in [0.4, 0.5) is 4.79 Å². The Balaban J connectivity index is 3.51. The molecule has 0 fully saturated rings. The molecule has 7 heteroatoms. The molecule has 0 bridgehead atoms. The van der Waals surface area contributed by atoms with Gasteiger partial charge in [-0.3, -0.25) is 9.59 Å². The monoisotopic (exact) mass is 231 g/mol. The molecule has 0 radical (unpaired) electrons. The van der Waals surface area contributed by atoms with E-state index >= 15 is 0 Å². The zero-order chi connectivity index (χ0) is 12.6. The van der Waals surface area contributed by atoms with E-state index in [9.17, 15) is 14.4 Å². The highest BCUT2D eigenvalue weighted by Gasteiger charge is 2.10. The van der Waals surface area contributed by atoms with E-state index in [0.717, 1.165) is 0 Å². The summed E-state index contributed by atoms with van der Waals surface area (Å²) < 4.78 is 0. The van der Waals surface area contributed by atoms with Gasteiger partial charge in [0, 0.05) is 19.5 Å². The summed E-state index contributed by atoms with van der Waals surface area (Å²) in [7, 11) is 0. The molecule has 0 saturated heterocycles.